The zero-order valence-electron chi connectivity index (χ0n) is 13.3. The largest absolute Gasteiger partial charge is 0.243 e. The minimum absolute atomic E-state index is 0.174. The van der Waals surface area contributed by atoms with Gasteiger partial charge >= 0.3 is 0 Å². The Morgan fingerprint density at radius 2 is 1.96 bits per heavy atom. The van der Waals surface area contributed by atoms with E-state index in [1.807, 2.05) is 0 Å². The summed E-state index contributed by atoms with van der Waals surface area (Å²) >= 11 is 0. The van der Waals surface area contributed by atoms with Crippen molar-refractivity contribution >= 4 is 15.5 Å². The van der Waals surface area contributed by atoms with E-state index in [0.29, 0.717) is 12.1 Å². The Kier molecular flexibility index (Phi) is 4.33. The molecule has 3 rings (SSSR count). The van der Waals surface area contributed by atoms with Crippen LogP contribution >= 0.6 is 0 Å². The normalized spacial score (nSPS) is 13.5. The van der Waals surface area contributed by atoms with E-state index in [-0.39, 0.29) is 10.7 Å². The van der Waals surface area contributed by atoms with E-state index in [1.165, 1.54) is 39.3 Å². The molecule has 3 aromatic rings. The van der Waals surface area contributed by atoms with Crippen LogP contribution in [0.3, 0.4) is 0 Å². The Hall–Kier alpha value is -2.32. The third kappa shape index (κ3) is 2.90. The van der Waals surface area contributed by atoms with E-state index in [9.17, 15) is 12.8 Å². The first-order valence-corrected chi connectivity index (χ1v) is 8.95. The molecule has 0 unspecified atom stereocenters. The number of nitrogens with zero attached hydrogens (tertiary/aromatic N) is 4. The van der Waals surface area contributed by atoms with Crippen molar-refractivity contribution in [2.24, 2.45) is 0 Å². The Labute approximate surface area is 139 Å². The number of pyridine rings is 1. The topological polar surface area (TPSA) is 67.6 Å². The highest BCUT2D eigenvalue weighted by Crippen LogP contribution is 2.27. The molecule has 0 spiro atoms. The van der Waals surface area contributed by atoms with E-state index in [2.05, 4.69) is 10.3 Å². The van der Waals surface area contributed by atoms with Gasteiger partial charge in [-0.3, -0.25) is 0 Å². The lowest BCUT2D eigenvalue weighted by Crippen LogP contribution is -2.33. The molecule has 0 aliphatic carbocycles. The quantitative estimate of drug-likeness (QED) is 0.711. The molecular weight excluding hydrogens is 331 g/mol. The first kappa shape index (κ1) is 16.5. The van der Waals surface area contributed by atoms with Crippen molar-refractivity contribution in [1.82, 2.24) is 19.1 Å². The molecule has 0 aliphatic heterocycles. The highest BCUT2D eigenvalue weighted by molar-refractivity contribution is 7.89. The first-order chi connectivity index (χ1) is 11.4. The number of benzene rings is 1. The van der Waals surface area contributed by atoms with E-state index >= 15 is 0 Å². The average molecular weight is 348 g/mol. The molecule has 0 fully saturated rings. The van der Waals surface area contributed by atoms with Crippen LogP contribution in [0.15, 0.2) is 53.7 Å². The summed E-state index contributed by atoms with van der Waals surface area (Å²) in [5.74, 6) is -0.351. The molecule has 0 amide bonds. The van der Waals surface area contributed by atoms with Gasteiger partial charge in [-0.1, -0.05) is 24.3 Å². The summed E-state index contributed by atoms with van der Waals surface area (Å²) < 4.78 is 42.0. The van der Waals surface area contributed by atoms with Crippen LogP contribution in [0, 0.1) is 5.82 Å². The number of hydrogen-bond donors (Lipinski definition) is 0. The molecule has 0 saturated carbocycles. The van der Waals surface area contributed by atoms with E-state index in [1.54, 1.807) is 32.2 Å². The van der Waals surface area contributed by atoms with Crippen LogP contribution in [0.2, 0.25) is 0 Å². The molecule has 126 valence electrons. The van der Waals surface area contributed by atoms with Crippen molar-refractivity contribution < 1.29 is 12.8 Å². The Morgan fingerprint density at radius 3 is 2.62 bits per heavy atom. The van der Waals surface area contributed by atoms with Crippen molar-refractivity contribution in [3.8, 4) is 0 Å². The molecule has 2 heterocycles. The lowest BCUT2D eigenvalue weighted by atomic mass is 10.1. The molecule has 1 aromatic carbocycles. The SMILES string of the molecule is CCN([C@@H](C)c1ccc(F)cc1)S(=O)(=O)c1ccn2nncc2c1. The van der Waals surface area contributed by atoms with Gasteiger partial charge < -0.3 is 0 Å². The van der Waals surface area contributed by atoms with Gasteiger partial charge in [-0.2, -0.15) is 4.31 Å². The molecule has 1 atom stereocenters. The number of sulfonamides is 1. The second-order valence-electron chi connectivity index (χ2n) is 5.40. The summed E-state index contributed by atoms with van der Waals surface area (Å²) in [7, 11) is -3.71. The lowest BCUT2D eigenvalue weighted by Gasteiger charge is -2.27. The molecule has 0 aliphatic rings. The minimum Gasteiger partial charge on any atom is -0.221 e. The van der Waals surface area contributed by atoms with Crippen LogP contribution in [0.4, 0.5) is 4.39 Å². The van der Waals surface area contributed by atoms with Gasteiger partial charge in [-0.05, 0) is 36.8 Å². The number of halogens is 1. The molecule has 0 N–H and O–H groups in total. The van der Waals surface area contributed by atoms with Crippen LogP contribution < -0.4 is 0 Å². The van der Waals surface area contributed by atoms with E-state index in [0.717, 1.165) is 5.56 Å². The predicted molar refractivity (Wildman–Crippen MR) is 87.4 cm³/mol. The first-order valence-electron chi connectivity index (χ1n) is 7.51. The Bertz CT molecular complexity index is 954. The Morgan fingerprint density at radius 1 is 1.25 bits per heavy atom. The van der Waals surface area contributed by atoms with Crippen LogP contribution in [-0.4, -0.2) is 34.1 Å². The van der Waals surface area contributed by atoms with Crippen molar-refractivity contribution in [3.63, 3.8) is 0 Å². The van der Waals surface area contributed by atoms with Gasteiger partial charge in [0.25, 0.3) is 0 Å². The summed E-state index contributed by atoms with van der Waals surface area (Å²) in [5, 5.41) is 7.57. The molecule has 6 nitrogen and oxygen atoms in total. The molecule has 2 aromatic heterocycles. The monoisotopic (exact) mass is 348 g/mol. The third-order valence-corrected chi connectivity index (χ3v) is 6.02. The van der Waals surface area contributed by atoms with Gasteiger partial charge in [0.05, 0.1) is 16.6 Å². The Balaban J connectivity index is 1.99. The number of aromatic nitrogens is 3. The van der Waals surface area contributed by atoms with Crippen molar-refractivity contribution in [2.45, 2.75) is 24.8 Å². The van der Waals surface area contributed by atoms with Crippen LogP contribution in [0.5, 0.6) is 0 Å². The average Bonchev–Trinajstić information content (AvgIpc) is 3.03. The van der Waals surface area contributed by atoms with Gasteiger partial charge in [0, 0.05) is 18.8 Å². The standard InChI is InChI=1S/C16H17FN4O2S/c1-3-21(12(2)13-4-6-14(17)7-5-13)24(22,23)16-8-9-20-15(10-16)11-18-19-20/h4-12H,3H2,1-2H3/t12-/m0/s1. The highest BCUT2D eigenvalue weighted by Gasteiger charge is 2.29. The molecule has 0 radical (unpaired) electrons. The maximum absolute atomic E-state index is 13.1. The van der Waals surface area contributed by atoms with Crippen molar-refractivity contribution in [3.05, 3.63) is 60.2 Å². The highest BCUT2D eigenvalue weighted by atomic mass is 32.2. The fourth-order valence-electron chi connectivity index (χ4n) is 2.66. The second kappa shape index (κ2) is 6.29. The second-order valence-corrected chi connectivity index (χ2v) is 7.29. The fourth-order valence-corrected chi connectivity index (χ4v) is 4.32. The summed E-state index contributed by atoms with van der Waals surface area (Å²) in [6.45, 7) is 3.85. The maximum atomic E-state index is 13.1. The lowest BCUT2D eigenvalue weighted by molar-refractivity contribution is 0.357. The summed E-state index contributed by atoms with van der Waals surface area (Å²) in [6, 6.07) is 8.48. The zero-order chi connectivity index (χ0) is 17.3. The summed E-state index contributed by atoms with van der Waals surface area (Å²) in [4.78, 5) is 0.174. The van der Waals surface area contributed by atoms with Gasteiger partial charge in [-0.25, -0.2) is 17.3 Å². The van der Waals surface area contributed by atoms with E-state index < -0.39 is 16.1 Å². The van der Waals surface area contributed by atoms with Gasteiger partial charge in [0.15, 0.2) is 0 Å². The smallest absolute Gasteiger partial charge is 0.221 e. The molecular formula is C16H17FN4O2S. The number of hydrogen-bond acceptors (Lipinski definition) is 4. The summed E-state index contributed by atoms with van der Waals surface area (Å²) in [6.07, 6.45) is 3.06. The van der Waals surface area contributed by atoms with Gasteiger partial charge in [0.2, 0.25) is 10.0 Å². The van der Waals surface area contributed by atoms with Gasteiger partial charge in [-0.15, -0.1) is 5.10 Å². The van der Waals surface area contributed by atoms with E-state index in [4.69, 9.17) is 0 Å². The zero-order valence-corrected chi connectivity index (χ0v) is 14.1. The minimum atomic E-state index is -3.71. The predicted octanol–water partition coefficient (Wildman–Crippen LogP) is 2.64. The third-order valence-electron chi connectivity index (χ3n) is 3.98. The van der Waals surface area contributed by atoms with Gasteiger partial charge in [0.1, 0.15) is 5.82 Å². The van der Waals surface area contributed by atoms with Crippen LogP contribution in [-0.2, 0) is 10.0 Å². The number of fused-ring (bicyclic) bond motifs is 1. The number of rotatable bonds is 5. The fraction of sp³-hybridized carbons (Fsp3) is 0.250. The summed E-state index contributed by atoms with van der Waals surface area (Å²) in [5.41, 5.74) is 1.33. The maximum Gasteiger partial charge on any atom is 0.243 e. The van der Waals surface area contributed by atoms with Crippen LogP contribution in [0.25, 0.3) is 5.52 Å². The molecule has 24 heavy (non-hydrogen) atoms. The molecule has 0 bridgehead atoms. The van der Waals surface area contributed by atoms with Crippen molar-refractivity contribution in [1.29, 1.82) is 0 Å². The molecule has 0 saturated heterocycles. The molecule has 8 heteroatoms. The van der Waals surface area contributed by atoms with Crippen molar-refractivity contribution in [2.75, 3.05) is 6.54 Å². The van der Waals surface area contributed by atoms with Crippen LogP contribution in [0.1, 0.15) is 25.5 Å².